The van der Waals surface area contributed by atoms with Crippen LogP contribution in [-0.4, -0.2) is 15.0 Å². The van der Waals surface area contributed by atoms with Gasteiger partial charge in [-0.1, -0.05) is 38.1 Å². The summed E-state index contributed by atoms with van der Waals surface area (Å²) in [6.07, 6.45) is 1.11. The highest BCUT2D eigenvalue weighted by Crippen LogP contribution is 2.40. The first-order valence-electron chi connectivity index (χ1n) is 6.21. The molecule has 1 aromatic carbocycles. The third-order valence-corrected chi connectivity index (χ3v) is 4.42. The lowest BCUT2D eigenvalue weighted by Crippen LogP contribution is -2.42. The molecule has 17 heavy (non-hydrogen) atoms. The first-order chi connectivity index (χ1) is 7.90. The van der Waals surface area contributed by atoms with Gasteiger partial charge >= 0.3 is 0 Å². The van der Waals surface area contributed by atoms with Gasteiger partial charge in [-0.15, -0.1) is 5.10 Å². The van der Waals surface area contributed by atoms with Gasteiger partial charge in [-0.3, -0.25) is 0 Å². The van der Waals surface area contributed by atoms with Crippen LogP contribution in [0.1, 0.15) is 41.0 Å². The van der Waals surface area contributed by atoms with Crippen LogP contribution in [0.5, 0.6) is 0 Å². The lowest BCUT2D eigenvalue weighted by molar-refractivity contribution is 0.102. The van der Waals surface area contributed by atoms with E-state index in [0.717, 1.165) is 17.5 Å². The van der Waals surface area contributed by atoms with Crippen LogP contribution in [0.3, 0.4) is 0 Å². The Morgan fingerprint density at radius 1 is 1.12 bits per heavy atom. The molecule has 0 amide bonds. The predicted octanol–water partition coefficient (Wildman–Crippen LogP) is 3.60. The quantitative estimate of drug-likeness (QED) is 0.808. The predicted molar refractivity (Wildman–Crippen MR) is 70.9 cm³/mol. The fourth-order valence-electron chi connectivity index (χ4n) is 2.00. The molecule has 1 heterocycles. The minimum absolute atomic E-state index is 0.0577. The molecule has 0 N–H and O–H groups in total. The maximum Gasteiger partial charge on any atom is 0.113 e. The Morgan fingerprint density at radius 3 is 2.41 bits per heavy atom. The molecule has 0 radical (unpaired) electrons. The van der Waals surface area contributed by atoms with E-state index in [4.69, 9.17) is 0 Å². The van der Waals surface area contributed by atoms with Crippen molar-refractivity contribution in [1.82, 2.24) is 15.0 Å². The van der Waals surface area contributed by atoms with E-state index in [-0.39, 0.29) is 11.0 Å². The molecule has 0 aliphatic carbocycles. The number of hydrogen-bond acceptors (Lipinski definition) is 2. The van der Waals surface area contributed by atoms with E-state index in [1.807, 2.05) is 18.2 Å². The van der Waals surface area contributed by atoms with E-state index in [9.17, 15) is 0 Å². The monoisotopic (exact) mass is 231 g/mol. The summed E-state index contributed by atoms with van der Waals surface area (Å²) in [5.74, 6) is 0. The molecule has 2 rings (SSSR count). The van der Waals surface area contributed by atoms with Crippen LogP contribution >= 0.6 is 0 Å². The van der Waals surface area contributed by atoms with Crippen molar-refractivity contribution in [3.05, 3.63) is 24.3 Å². The minimum atomic E-state index is -0.0577. The molecule has 0 fully saturated rings. The second kappa shape index (κ2) is 3.83. The Labute approximate surface area is 103 Å². The summed E-state index contributed by atoms with van der Waals surface area (Å²) in [6.45, 7) is 11.3. The minimum Gasteiger partial charge on any atom is -0.239 e. The average Bonchev–Trinajstić information content (AvgIpc) is 2.72. The van der Waals surface area contributed by atoms with Crippen LogP contribution in [0.4, 0.5) is 0 Å². The van der Waals surface area contributed by atoms with E-state index in [2.05, 4.69) is 55.7 Å². The molecular formula is C14H21N3. The molecule has 0 saturated carbocycles. The zero-order chi connectivity index (χ0) is 12.7. The van der Waals surface area contributed by atoms with Crippen molar-refractivity contribution in [3.63, 3.8) is 0 Å². The molecule has 0 spiro atoms. The van der Waals surface area contributed by atoms with Gasteiger partial charge in [-0.2, -0.15) is 0 Å². The number of hydrogen-bond donors (Lipinski definition) is 0. The van der Waals surface area contributed by atoms with Gasteiger partial charge in [0.25, 0.3) is 0 Å². The highest BCUT2D eigenvalue weighted by Gasteiger charge is 2.38. The van der Waals surface area contributed by atoms with Crippen molar-refractivity contribution in [3.8, 4) is 0 Å². The molecule has 0 saturated heterocycles. The largest absolute Gasteiger partial charge is 0.239 e. The Hall–Kier alpha value is -1.38. The van der Waals surface area contributed by atoms with Crippen LogP contribution in [0.15, 0.2) is 24.3 Å². The lowest BCUT2D eigenvalue weighted by Gasteiger charge is -2.41. The van der Waals surface area contributed by atoms with Gasteiger partial charge in [0.1, 0.15) is 5.52 Å². The first kappa shape index (κ1) is 12.1. The highest BCUT2D eigenvalue weighted by atomic mass is 15.5. The summed E-state index contributed by atoms with van der Waals surface area (Å²) in [4.78, 5) is 0. The van der Waals surface area contributed by atoms with Crippen LogP contribution in [0, 0.1) is 5.41 Å². The Morgan fingerprint density at radius 2 is 1.76 bits per heavy atom. The second-order valence-corrected chi connectivity index (χ2v) is 5.79. The van der Waals surface area contributed by atoms with E-state index in [1.165, 1.54) is 0 Å². The topological polar surface area (TPSA) is 30.7 Å². The van der Waals surface area contributed by atoms with Crippen LogP contribution < -0.4 is 0 Å². The molecule has 3 heteroatoms. The summed E-state index contributed by atoms with van der Waals surface area (Å²) in [7, 11) is 0. The molecule has 0 unspecified atom stereocenters. The molecule has 0 aliphatic heterocycles. The number of rotatable bonds is 3. The van der Waals surface area contributed by atoms with Gasteiger partial charge in [0.05, 0.1) is 11.1 Å². The molecule has 0 bridgehead atoms. The third kappa shape index (κ3) is 1.74. The van der Waals surface area contributed by atoms with Crippen molar-refractivity contribution in [2.45, 2.75) is 46.6 Å². The Balaban J connectivity index is 2.60. The van der Waals surface area contributed by atoms with E-state index in [0.29, 0.717) is 0 Å². The van der Waals surface area contributed by atoms with Crippen molar-refractivity contribution in [2.75, 3.05) is 0 Å². The molecule has 3 nitrogen and oxygen atoms in total. The highest BCUT2D eigenvalue weighted by molar-refractivity contribution is 5.74. The van der Waals surface area contributed by atoms with Gasteiger partial charge in [0.15, 0.2) is 0 Å². The molecular weight excluding hydrogens is 210 g/mol. The molecule has 0 aliphatic rings. The standard InChI is InChI=1S/C14H21N3/c1-6-13(2,3)14(4,5)17-12-10-8-7-9-11(12)15-16-17/h7-10H,6H2,1-5H3. The fourth-order valence-corrected chi connectivity index (χ4v) is 2.00. The Bertz CT molecular complexity index is 523. The van der Waals surface area contributed by atoms with Crippen molar-refractivity contribution >= 4 is 11.0 Å². The normalized spacial score (nSPS) is 13.2. The molecule has 0 atom stereocenters. The molecule has 1 aromatic heterocycles. The smallest absolute Gasteiger partial charge is 0.113 e. The molecule has 2 aromatic rings. The summed E-state index contributed by atoms with van der Waals surface area (Å²) in [5.41, 5.74) is 2.19. The van der Waals surface area contributed by atoms with Gasteiger partial charge in [0.2, 0.25) is 0 Å². The second-order valence-electron chi connectivity index (χ2n) is 5.79. The summed E-state index contributed by atoms with van der Waals surface area (Å²) >= 11 is 0. The van der Waals surface area contributed by atoms with Crippen molar-refractivity contribution in [2.24, 2.45) is 5.41 Å². The zero-order valence-electron chi connectivity index (χ0n) is 11.4. The molecule has 92 valence electrons. The maximum absolute atomic E-state index is 4.35. The summed E-state index contributed by atoms with van der Waals surface area (Å²) in [6, 6.07) is 8.13. The number of aromatic nitrogens is 3. The van der Waals surface area contributed by atoms with E-state index < -0.39 is 0 Å². The van der Waals surface area contributed by atoms with Gasteiger partial charge in [0, 0.05) is 0 Å². The Kier molecular flexibility index (Phi) is 2.72. The van der Waals surface area contributed by atoms with E-state index >= 15 is 0 Å². The number of fused-ring (bicyclic) bond motifs is 1. The van der Waals surface area contributed by atoms with Gasteiger partial charge in [-0.05, 0) is 37.8 Å². The summed E-state index contributed by atoms with van der Waals surface area (Å²) < 4.78 is 2.06. The van der Waals surface area contributed by atoms with Crippen LogP contribution in [0.25, 0.3) is 11.0 Å². The zero-order valence-corrected chi connectivity index (χ0v) is 11.4. The van der Waals surface area contributed by atoms with E-state index in [1.54, 1.807) is 0 Å². The van der Waals surface area contributed by atoms with Crippen molar-refractivity contribution in [1.29, 1.82) is 0 Å². The first-order valence-corrected chi connectivity index (χ1v) is 6.21. The SMILES string of the molecule is CCC(C)(C)C(C)(C)n1nnc2ccccc21. The fraction of sp³-hybridized carbons (Fsp3) is 0.571. The lowest BCUT2D eigenvalue weighted by atomic mass is 9.72. The number of benzene rings is 1. The maximum atomic E-state index is 4.35. The summed E-state index contributed by atoms with van der Waals surface area (Å²) in [5, 5.41) is 8.59. The van der Waals surface area contributed by atoms with Crippen LogP contribution in [-0.2, 0) is 5.54 Å². The van der Waals surface area contributed by atoms with Gasteiger partial charge < -0.3 is 0 Å². The van der Waals surface area contributed by atoms with Crippen molar-refractivity contribution < 1.29 is 0 Å². The third-order valence-electron chi connectivity index (χ3n) is 4.42. The van der Waals surface area contributed by atoms with Gasteiger partial charge in [-0.25, -0.2) is 4.68 Å². The average molecular weight is 231 g/mol. The number of nitrogens with zero attached hydrogens (tertiary/aromatic N) is 3. The van der Waals surface area contributed by atoms with Crippen LogP contribution in [0.2, 0.25) is 0 Å². The number of para-hydroxylation sites is 1.